The van der Waals surface area contributed by atoms with Gasteiger partial charge in [-0.2, -0.15) is 5.10 Å². The molecule has 2 heterocycles. The molecule has 7 nitrogen and oxygen atoms in total. The minimum absolute atomic E-state index is 0.0358. The highest BCUT2D eigenvalue weighted by atomic mass is 16.5. The van der Waals surface area contributed by atoms with Gasteiger partial charge in [-0.05, 0) is 36.1 Å². The van der Waals surface area contributed by atoms with Gasteiger partial charge in [0.25, 0.3) is 0 Å². The van der Waals surface area contributed by atoms with Crippen molar-refractivity contribution in [2.75, 3.05) is 46.4 Å². The van der Waals surface area contributed by atoms with Crippen molar-refractivity contribution < 1.29 is 9.53 Å². The smallest absolute Gasteiger partial charge is 0.317 e. The van der Waals surface area contributed by atoms with Gasteiger partial charge < -0.3 is 15.0 Å². The van der Waals surface area contributed by atoms with Gasteiger partial charge >= 0.3 is 6.03 Å². The quantitative estimate of drug-likeness (QED) is 0.802. The number of piperazine rings is 1. The Hall–Kier alpha value is -2.54. The van der Waals surface area contributed by atoms with Crippen LogP contribution in [0.2, 0.25) is 0 Å². The summed E-state index contributed by atoms with van der Waals surface area (Å²) in [6, 6.07) is 8.27. The molecular weight excluding hydrogens is 342 g/mol. The van der Waals surface area contributed by atoms with Crippen molar-refractivity contribution in [2.45, 2.75) is 12.8 Å². The molecule has 146 valence electrons. The van der Waals surface area contributed by atoms with Gasteiger partial charge in [0, 0.05) is 52.5 Å². The Morgan fingerprint density at radius 1 is 1.11 bits per heavy atom. The summed E-state index contributed by atoms with van der Waals surface area (Å²) in [4.78, 5) is 16.6. The van der Waals surface area contributed by atoms with Crippen LogP contribution in [0.3, 0.4) is 0 Å². The number of carbonyl (C=O) groups excluding carboxylic acids is 1. The number of nitrogens with one attached hydrogen (secondary N) is 1. The van der Waals surface area contributed by atoms with Gasteiger partial charge in [0.1, 0.15) is 5.75 Å². The molecule has 0 spiro atoms. The zero-order chi connectivity index (χ0) is 19.1. The maximum Gasteiger partial charge on any atom is 0.317 e. The molecule has 1 aromatic heterocycles. The zero-order valence-electron chi connectivity index (χ0n) is 16.2. The molecule has 0 radical (unpaired) electrons. The number of rotatable bonds is 7. The fourth-order valence-electron chi connectivity index (χ4n) is 3.28. The molecule has 2 amide bonds. The third-order valence-electron chi connectivity index (χ3n) is 4.98. The maximum atomic E-state index is 12.3. The molecule has 1 aliphatic rings. The van der Waals surface area contributed by atoms with E-state index in [9.17, 15) is 4.79 Å². The number of aryl methyl sites for hydroxylation is 1. The molecule has 2 aromatic rings. The number of aromatic nitrogens is 2. The molecule has 0 aliphatic carbocycles. The average molecular weight is 371 g/mol. The lowest BCUT2D eigenvalue weighted by Crippen LogP contribution is -2.52. The molecule has 0 unspecified atom stereocenters. The lowest BCUT2D eigenvalue weighted by molar-refractivity contribution is 0.140. The van der Waals surface area contributed by atoms with Gasteiger partial charge in [0.2, 0.25) is 0 Å². The molecule has 0 saturated carbocycles. The van der Waals surface area contributed by atoms with E-state index in [0.29, 0.717) is 6.54 Å². The minimum atomic E-state index is 0.0358. The number of nitrogens with zero attached hydrogens (tertiary/aromatic N) is 4. The van der Waals surface area contributed by atoms with Crippen LogP contribution in [0.15, 0.2) is 36.7 Å². The highest BCUT2D eigenvalue weighted by molar-refractivity contribution is 5.74. The zero-order valence-corrected chi connectivity index (χ0v) is 16.2. The van der Waals surface area contributed by atoms with Crippen molar-refractivity contribution >= 4 is 6.03 Å². The molecule has 0 bridgehead atoms. The fourth-order valence-corrected chi connectivity index (χ4v) is 3.28. The summed E-state index contributed by atoms with van der Waals surface area (Å²) in [6.45, 7) is 5.06. The van der Waals surface area contributed by atoms with Gasteiger partial charge in [-0.15, -0.1) is 0 Å². The molecule has 1 saturated heterocycles. The van der Waals surface area contributed by atoms with Gasteiger partial charge in [0.15, 0.2) is 0 Å². The second kappa shape index (κ2) is 9.41. The first-order valence-electron chi connectivity index (χ1n) is 9.49. The molecular formula is C20H29N5O2. The number of methoxy groups -OCH3 is 1. The second-order valence-electron chi connectivity index (χ2n) is 6.93. The van der Waals surface area contributed by atoms with Crippen LogP contribution in [-0.2, 0) is 19.9 Å². The Morgan fingerprint density at radius 3 is 2.48 bits per heavy atom. The molecule has 3 rings (SSSR count). The van der Waals surface area contributed by atoms with Gasteiger partial charge in [-0.25, -0.2) is 4.79 Å². The second-order valence-corrected chi connectivity index (χ2v) is 6.93. The predicted octanol–water partition coefficient (Wildman–Crippen LogP) is 1.54. The largest absolute Gasteiger partial charge is 0.497 e. The number of urea groups is 1. The van der Waals surface area contributed by atoms with Gasteiger partial charge in [-0.3, -0.25) is 9.58 Å². The van der Waals surface area contributed by atoms with Crippen LogP contribution >= 0.6 is 0 Å². The SMILES string of the molecule is COc1ccc(CCN2CCN(C(=O)NCCc3cnn(C)c3)CC2)cc1. The average Bonchev–Trinajstić information content (AvgIpc) is 3.12. The lowest BCUT2D eigenvalue weighted by Gasteiger charge is -2.34. The summed E-state index contributed by atoms with van der Waals surface area (Å²) in [7, 11) is 3.58. The first kappa shape index (κ1) is 19.2. The van der Waals surface area contributed by atoms with E-state index in [1.54, 1.807) is 11.8 Å². The first-order valence-corrected chi connectivity index (χ1v) is 9.49. The van der Waals surface area contributed by atoms with Crippen molar-refractivity contribution in [3.05, 3.63) is 47.8 Å². The summed E-state index contributed by atoms with van der Waals surface area (Å²) in [5, 5.41) is 7.16. The molecule has 27 heavy (non-hydrogen) atoms. The number of ether oxygens (including phenoxy) is 1. The standard InChI is InChI=1S/C20H29N5O2/c1-23-16-18(15-22-23)7-9-21-20(26)25-13-11-24(12-14-25)10-8-17-3-5-19(27-2)6-4-17/h3-6,15-16H,7-14H2,1-2H3,(H,21,26). The van der Waals surface area contributed by atoms with E-state index in [4.69, 9.17) is 4.74 Å². The van der Waals surface area contributed by atoms with Crippen LogP contribution in [0.25, 0.3) is 0 Å². The van der Waals surface area contributed by atoms with Crippen LogP contribution in [0.1, 0.15) is 11.1 Å². The minimum Gasteiger partial charge on any atom is -0.497 e. The highest BCUT2D eigenvalue weighted by Gasteiger charge is 2.20. The number of hydrogen-bond acceptors (Lipinski definition) is 4. The van der Waals surface area contributed by atoms with E-state index in [1.807, 2.05) is 36.5 Å². The summed E-state index contributed by atoms with van der Waals surface area (Å²) < 4.78 is 6.97. The Labute approximate surface area is 160 Å². The van der Waals surface area contributed by atoms with Crippen molar-refractivity contribution in [3.8, 4) is 5.75 Å². The molecule has 1 aliphatic heterocycles. The number of benzene rings is 1. The Balaban J connectivity index is 1.33. The molecule has 1 fully saturated rings. The van der Waals surface area contributed by atoms with E-state index in [2.05, 4.69) is 27.4 Å². The third kappa shape index (κ3) is 5.72. The molecule has 7 heteroatoms. The van der Waals surface area contributed by atoms with Crippen LogP contribution < -0.4 is 10.1 Å². The van der Waals surface area contributed by atoms with Gasteiger partial charge in [-0.1, -0.05) is 12.1 Å². The summed E-state index contributed by atoms with van der Waals surface area (Å²) in [5.74, 6) is 0.891. The molecule has 1 N–H and O–H groups in total. The first-order chi connectivity index (χ1) is 13.1. The van der Waals surface area contributed by atoms with Crippen molar-refractivity contribution in [2.24, 2.45) is 7.05 Å². The fraction of sp³-hybridized carbons (Fsp3) is 0.500. The molecule has 0 atom stereocenters. The van der Waals surface area contributed by atoms with Crippen LogP contribution in [0, 0.1) is 0 Å². The monoisotopic (exact) mass is 371 g/mol. The van der Waals surface area contributed by atoms with Crippen molar-refractivity contribution in [3.63, 3.8) is 0 Å². The Bertz CT molecular complexity index is 720. The maximum absolute atomic E-state index is 12.3. The summed E-state index contributed by atoms with van der Waals surface area (Å²) >= 11 is 0. The number of hydrogen-bond donors (Lipinski definition) is 1. The van der Waals surface area contributed by atoms with E-state index in [-0.39, 0.29) is 6.03 Å². The Morgan fingerprint density at radius 2 is 1.85 bits per heavy atom. The number of amides is 2. The summed E-state index contributed by atoms with van der Waals surface area (Å²) in [5.41, 5.74) is 2.45. The van der Waals surface area contributed by atoms with Crippen LogP contribution in [-0.4, -0.2) is 72.0 Å². The molecule has 1 aromatic carbocycles. The van der Waals surface area contributed by atoms with E-state index in [0.717, 1.165) is 56.9 Å². The lowest BCUT2D eigenvalue weighted by atomic mass is 10.1. The van der Waals surface area contributed by atoms with Crippen LogP contribution in [0.4, 0.5) is 4.79 Å². The number of carbonyl (C=O) groups is 1. The van der Waals surface area contributed by atoms with Crippen molar-refractivity contribution in [1.82, 2.24) is 24.9 Å². The third-order valence-corrected chi connectivity index (χ3v) is 4.98. The van der Waals surface area contributed by atoms with E-state index >= 15 is 0 Å². The van der Waals surface area contributed by atoms with Crippen molar-refractivity contribution in [1.29, 1.82) is 0 Å². The predicted molar refractivity (Wildman–Crippen MR) is 105 cm³/mol. The van der Waals surface area contributed by atoms with E-state index in [1.165, 1.54) is 5.56 Å². The van der Waals surface area contributed by atoms with Crippen LogP contribution in [0.5, 0.6) is 5.75 Å². The Kier molecular flexibility index (Phi) is 6.70. The van der Waals surface area contributed by atoms with E-state index < -0.39 is 0 Å². The highest BCUT2D eigenvalue weighted by Crippen LogP contribution is 2.12. The topological polar surface area (TPSA) is 62.6 Å². The summed E-state index contributed by atoms with van der Waals surface area (Å²) in [6.07, 6.45) is 5.64. The normalized spacial score (nSPS) is 15.0. The van der Waals surface area contributed by atoms with Gasteiger partial charge in [0.05, 0.1) is 13.3 Å².